The van der Waals surface area contributed by atoms with Crippen molar-refractivity contribution in [3.8, 4) is 5.75 Å². The topological polar surface area (TPSA) is 119 Å². The van der Waals surface area contributed by atoms with Crippen LogP contribution >= 0.6 is 0 Å². The van der Waals surface area contributed by atoms with E-state index in [-0.39, 0.29) is 24.3 Å². The molecule has 0 saturated heterocycles. The molecule has 2 N–H and O–H groups in total. The number of hydrogen-bond acceptors (Lipinski definition) is 8. The molecule has 2 aromatic rings. The lowest BCUT2D eigenvalue weighted by molar-refractivity contribution is -0.171. The number of ether oxygens (including phenoxy) is 3. The van der Waals surface area contributed by atoms with Crippen LogP contribution in [0.3, 0.4) is 0 Å². The third kappa shape index (κ3) is 3.34. The van der Waals surface area contributed by atoms with Crippen molar-refractivity contribution < 1.29 is 38.8 Å². The van der Waals surface area contributed by atoms with E-state index in [2.05, 4.69) is 0 Å². The molecule has 1 aliphatic heterocycles. The van der Waals surface area contributed by atoms with Crippen molar-refractivity contribution in [1.82, 2.24) is 0 Å². The lowest BCUT2D eigenvalue weighted by atomic mass is 9.67. The molecule has 0 aromatic heterocycles. The van der Waals surface area contributed by atoms with Crippen LogP contribution in [0.5, 0.6) is 5.75 Å². The highest BCUT2D eigenvalue weighted by atomic mass is 16.6. The second-order valence-corrected chi connectivity index (χ2v) is 7.34. The van der Waals surface area contributed by atoms with E-state index in [4.69, 9.17) is 14.2 Å². The van der Waals surface area contributed by atoms with Gasteiger partial charge in [-0.2, -0.15) is 0 Å². The number of rotatable bonds is 4. The largest absolute Gasteiger partial charge is 0.511 e. The van der Waals surface area contributed by atoms with Gasteiger partial charge < -0.3 is 24.4 Å². The molecule has 160 valence electrons. The number of Topliss-reactive ketones (excluding diaryl/α,β-unsaturated/α-hetero) is 1. The highest BCUT2D eigenvalue weighted by Crippen LogP contribution is 2.46. The van der Waals surface area contributed by atoms with Crippen LogP contribution in [0.1, 0.15) is 22.3 Å². The number of esters is 2. The van der Waals surface area contributed by atoms with Crippen LogP contribution in [0.4, 0.5) is 0 Å². The SMILES string of the molecule is COC(=O)[C@]1(O)C(C(=O)OCc2ccccc2)=C(O)C[C@@H]2Oc3ccccc3C(=O)[C@H]21. The van der Waals surface area contributed by atoms with Gasteiger partial charge in [0.1, 0.15) is 35.7 Å². The maximum atomic E-state index is 13.2. The van der Waals surface area contributed by atoms with Crippen molar-refractivity contribution >= 4 is 17.7 Å². The van der Waals surface area contributed by atoms with E-state index in [0.717, 1.165) is 7.11 Å². The summed E-state index contributed by atoms with van der Waals surface area (Å²) in [5.41, 5.74) is -2.67. The average Bonchev–Trinajstić information content (AvgIpc) is 2.77. The van der Waals surface area contributed by atoms with Gasteiger partial charge in [-0.15, -0.1) is 0 Å². The molecule has 2 aliphatic rings. The Labute approximate surface area is 177 Å². The number of carbonyl (C=O) groups is 3. The highest BCUT2D eigenvalue weighted by molar-refractivity contribution is 6.10. The van der Waals surface area contributed by atoms with E-state index in [1.165, 1.54) is 6.07 Å². The average molecular weight is 424 g/mol. The zero-order valence-corrected chi connectivity index (χ0v) is 16.6. The van der Waals surface area contributed by atoms with Crippen molar-refractivity contribution in [3.05, 3.63) is 77.1 Å². The smallest absolute Gasteiger partial charge is 0.343 e. The minimum absolute atomic E-state index is 0.157. The first kappa shape index (κ1) is 20.6. The molecule has 0 radical (unpaired) electrons. The van der Waals surface area contributed by atoms with Gasteiger partial charge in [0.05, 0.1) is 12.7 Å². The lowest BCUT2D eigenvalue weighted by Crippen LogP contribution is -2.62. The molecule has 0 spiro atoms. The maximum absolute atomic E-state index is 13.2. The Hall–Kier alpha value is -3.65. The molecular weight excluding hydrogens is 404 g/mol. The van der Waals surface area contributed by atoms with Gasteiger partial charge in [-0.05, 0) is 17.7 Å². The van der Waals surface area contributed by atoms with E-state index >= 15 is 0 Å². The first-order valence-electron chi connectivity index (χ1n) is 9.62. The number of carbonyl (C=O) groups excluding carboxylic acids is 3. The summed E-state index contributed by atoms with van der Waals surface area (Å²) in [5, 5.41) is 22.0. The third-order valence-electron chi connectivity index (χ3n) is 5.51. The Morgan fingerprint density at radius 1 is 1.13 bits per heavy atom. The van der Waals surface area contributed by atoms with Gasteiger partial charge in [-0.1, -0.05) is 42.5 Å². The summed E-state index contributed by atoms with van der Waals surface area (Å²) < 4.78 is 15.7. The van der Waals surface area contributed by atoms with E-state index in [0.29, 0.717) is 5.56 Å². The molecule has 0 unspecified atom stereocenters. The summed E-state index contributed by atoms with van der Waals surface area (Å²) in [5.74, 6) is -4.81. The molecule has 0 bridgehead atoms. The summed E-state index contributed by atoms with van der Waals surface area (Å²) >= 11 is 0. The van der Waals surface area contributed by atoms with Crippen LogP contribution in [0.15, 0.2) is 65.9 Å². The minimum atomic E-state index is -2.78. The van der Waals surface area contributed by atoms with Gasteiger partial charge in [0.25, 0.3) is 0 Å². The highest BCUT2D eigenvalue weighted by Gasteiger charge is 2.63. The summed E-state index contributed by atoms with van der Waals surface area (Å²) in [6.45, 7) is -0.158. The molecule has 0 fully saturated rings. The molecule has 0 amide bonds. The van der Waals surface area contributed by atoms with Gasteiger partial charge in [-0.3, -0.25) is 4.79 Å². The maximum Gasteiger partial charge on any atom is 0.343 e. The minimum Gasteiger partial charge on any atom is -0.511 e. The molecule has 2 aromatic carbocycles. The van der Waals surface area contributed by atoms with Crippen molar-refractivity contribution in [2.75, 3.05) is 7.11 Å². The number of hydrogen-bond donors (Lipinski definition) is 2. The Balaban J connectivity index is 1.74. The fraction of sp³-hybridized carbons (Fsp3) is 0.261. The summed E-state index contributed by atoms with van der Waals surface area (Å²) in [7, 11) is 1.01. The van der Waals surface area contributed by atoms with Gasteiger partial charge in [0, 0.05) is 6.42 Å². The Morgan fingerprint density at radius 3 is 2.52 bits per heavy atom. The van der Waals surface area contributed by atoms with E-state index in [1.807, 2.05) is 0 Å². The molecular formula is C23H20O8. The van der Waals surface area contributed by atoms with Crippen molar-refractivity contribution in [1.29, 1.82) is 0 Å². The zero-order valence-electron chi connectivity index (χ0n) is 16.6. The van der Waals surface area contributed by atoms with Gasteiger partial charge in [0.2, 0.25) is 5.60 Å². The van der Waals surface area contributed by atoms with Crippen LogP contribution in [0.25, 0.3) is 0 Å². The predicted octanol–water partition coefficient (Wildman–Crippen LogP) is 2.11. The third-order valence-corrected chi connectivity index (χ3v) is 5.51. The van der Waals surface area contributed by atoms with Crippen LogP contribution in [-0.4, -0.2) is 46.7 Å². The summed E-state index contributed by atoms with van der Waals surface area (Å²) in [4.78, 5) is 38.8. The van der Waals surface area contributed by atoms with Gasteiger partial charge >= 0.3 is 11.9 Å². The molecule has 1 aliphatic carbocycles. The quantitative estimate of drug-likeness (QED) is 0.717. The number of aliphatic hydroxyl groups excluding tert-OH is 1. The van der Waals surface area contributed by atoms with Crippen LogP contribution in [-0.2, 0) is 25.7 Å². The Kier molecular flexibility index (Phi) is 5.24. The fourth-order valence-corrected chi connectivity index (χ4v) is 4.08. The molecule has 1 heterocycles. The van der Waals surface area contributed by atoms with Crippen LogP contribution in [0, 0.1) is 5.92 Å². The Morgan fingerprint density at radius 2 is 1.81 bits per heavy atom. The molecule has 31 heavy (non-hydrogen) atoms. The number of aliphatic hydroxyl groups is 2. The van der Waals surface area contributed by atoms with E-state index in [1.54, 1.807) is 48.5 Å². The molecule has 0 saturated carbocycles. The summed E-state index contributed by atoms with van der Waals surface area (Å²) in [6, 6.07) is 15.1. The number of para-hydroxylation sites is 1. The fourth-order valence-electron chi connectivity index (χ4n) is 4.08. The number of fused-ring (bicyclic) bond motifs is 2. The van der Waals surface area contributed by atoms with Crippen molar-refractivity contribution in [2.24, 2.45) is 5.92 Å². The number of benzene rings is 2. The van der Waals surface area contributed by atoms with Crippen LogP contribution in [0.2, 0.25) is 0 Å². The molecule has 8 heteroatoms. The normalized spacial score (nSPS) is 24.5. The Bertz CT molecular complexity index is 1070. The standard InChI is InChI=1S/C23H20O8/c1-29-22(27)23(28)18(21(26)30-12-13-7-3-2-4-8-13)15(24)11-17-19(23)20(25)14-9-5-6-10-16(14)31-17/h2-10,17,19,24,28H,11-12H2,1H3/t17-,19-,23-/m0/s1. The van der Waals surface area contributed by atoms with E-state index < -0.39 is 46.7 Å². The second-order valence-electron chi connectivity index (χ2n) is 7.34. The number of ketones is 1. The van der Waals surface area contributed by atoms with Crippen molar-refractivity contribution in [3.63, 3.8) is 0 Å². The molecule has 3 atom stereocenters. The van der Waals surface area contributed by atoms with Gasteiger partial charge in [-0.25, -0.2) is 9.59 Å². The first-order chi connectivity index (χ1) is 14.9. The zero-order chi connectivity index (χ0) is 22.2. The first-order valence-corrected chi connectivity index (χ1v) is 9.62. The number of methoxy groups -OCH3 is 1. The molecule has 4 rings (SSSR count). The van der Waals surface area contributed by atoms with E-state index in [9.17, 15) is 24.6 Å². The molecule has 8 nitrogen and oxygen atoms in total. The predicted molar refractivity (Wildman–Crippen MR) is 106 cm³/mol. The van der Waals surface area contributed by atoms with Crippen molar-refractivity contribution in [2.45, 2.75) is 24.7 Å². The van der Waals surface area contributed by atoms with Gasteiger partial charge in [0.15, 0.2) is 5.78 Å². The monoisotopic (exact) mass is 424 g/mol. The lowest BCUT2D eigenvalue weighted by Gasteiger charge is -2.44. The summed E-state index contributed by atoms with van der Waals surface area (Å²) in [6.07, 6.45) is -1.34. The van der Waals surface area contributed by atoms with Crippen LogP contribution < -0.4 is 4.74 Å². The second kappa shape index (κ2) is 7.88.